The summed E-state index contributed by atoms with van der Waals surface area (Å²) in [6.45, 7) is 4.50. The highest BCUT2D eigenvalue weighted by Crippen LogP contribution is 2.18. The summed E-state index contributed by atoms with van der Waals surface area (Å²) < 4.78 is 1.13. The average Bonchev–Trinajstić information content (AvgIpc) is 2.34. The molecule has 0 bridgehead atoms. The Balaban J connectivity index is 2.57. The van der Waals surface area contributed by atoms with Crippen molar-refractivity contribution in [1.29, 1.82) is 0 Å². The summed E-state index contributed by atoms with van der Waals surface area (Å²) in [5.41, 5.74) is 4.28. The SMILES string of the molecule is CCC(CC)CC(Cc1cccc(Br)c1)NN. The molecule has 1 rings (SSSR count). The second-order valence-corrected chi connectivity index (χ2v) is 5.53. The highest BCUT2D eigenvalue weighted by molar-refractivity contribution is 9.10. The molecular formula is C14H23BrN2. The summed E-state index contributed by atoms with van der Waals surface area (Å²) in [6, 6.07) is 8.81. The minimum atomic E-state index is 0.370. The highest BCUT2D eigenvalue weighted by Gasteiger charge is 2.13. The molecule has 0 aliphatic carbocycles. The largest absolute Gasteiger partial charge is 0.271 e. The van der Waals surface area contributed by atoms with Crippen LogP contribution in [-0.2, 0) is 6.42 Å². The lowest BCUT2D eigenvalue weighted by atomic mass is 9.92. The van der Waals surface area contributed by atoms with Crippen molar-refractivity contribution < 1.29 is 0 Å². The Hall–Kier alpha value is -0.380. The lowest BCUT2D eigenvalue weighted by molar-refractivity contribution is 0.366. The van der Waals surface area contributed by atoms with Gasteiger partial charge in [-0.2, -0.15) is 0 Å². The molecule has 3 N–H and O–H groups in total. The van der Waals surface area contributed by atoms with E-state index < -0.39 is 0 Å². The molecule has 1 atom stereocenters. The van der Waals surface area contributed by atoms with Crippen molar-refractivity contribution in [3.63, 3.8) is 0 Å². The quantitative estimate of drug-likeness (QED) is 0.596. The number of halogens is 1. The molecule has 0 aromatic heterocycles. The van der Waals surface area contributed by atoms with Gasteiger partial charge < -0.3 is 0 Å². The second-order valence-electron chi connectivity index (χ2n) is 4.62. The third kappa shape index (κ3) is 5.19. The van der Waals surface area contributed by atoms with E-state index in [9.17, 15) is 0 Å². The lowest BCUT2D eigenvalue weighted by Gasteiger charge is -2.21. The molecule has 0 amide bonds. The van der Waals surface area contributed by atoms with Gasteiger partial charge in [0.05, 0.1) is 0 Å². The van der Waals surface area contributed by atoms with E-state index in [2.05, 4.69) is 59.5 Å². The van der Waals surface area contributed by atoms with Gasteiger partial charge in [0.1, 0.15) is 0 Å². The Kier molecular flexibility index (Phi) is 6.78. The first-order valence-corrected chi connectivity index (χ1v) is 7.19. The van der Waals surface area contributed by atoms with Crippen LogP contribution < -0.4 is 11.3 Å². The van der Waals surface area contributed by atoms with Crippen LogP contribution in [-0.4, -0.2) is 6.04 Å². The zero-order valence-electron chi connectivity index (χ0n) is 10.7. The number of benzene rings is 1. The molecule has 17 heavy (non-hydrogen) atoms. The number of nitrogens with one attached hydrogen (secondary N) is 1. The Morgan fingerprint density at radius 2 is 2.00 bits per heavy atom. The van der Waals surface area contributed by atoms with E-state index in [1.165, 1.54) is 18.4 Å². The molecule has 0 heterocycles. The van der Waals surface area contributed by atoms with Gasteiger partial charge in [0, 0.05) is 10.5 Å². The van der Waals surface area contributed by atoms with E-state index in [-0.39, 0.29) is 0 Å². The van der Waals surface area contributed by atoms with Crippen molar-refractivity contribution in [2.45, 2.75) is 45.6 Å². The molecule has 1 aromatic carbocycles. The average molecular weight is 299 g/mol. The van der Waals surface area contributed by atoms with Gasteiger partial charge in [0.15, 0.2) is 0 Å². The predicted octanol–water partition coefficient (Wildman–Crippen LogP) is 3.65. The fourth-order valence-electron chi connectivity index (χ4n) is 2.18. The van der Waals surface area contributed by atoms with Crippen LogP contribution >= 0.6 is 15.9 Å². The van der Waals surface area contributed by atoms with Gasteiger partial charge in [-0.15, -0.1) is 0 Å². The third-order valence-corrected chi connectivity index (χ3v) is 3.87. The van der Waals surface area contributed by atoms with Gasteiger partial charge in [-0.25, -0.2) is 0 Å². The van der Waals surface area contributed by atoms with Crippen LogP contribution in [0.3, 0.4) is 0 Å². The maximum absolute atomic E-state index is 5.65. The first-order valence-electron chi connectivity index (χ1n) is 6.40. The first-order chi connectivity index (χ1) is 8.19. The number of hydrogen-bond donors (Lipinski definition) is 2. The molecule has 1 aromatic rings. The van der Waals surface area contributed by atoms with Crippen molar-refractivity contribution in [2.24, 2.45) is 11.8 Å². The molecule has 0 fully saturated rings. The molecule has 0 saturated heterocycles. The molecule has 0 aliphatic heterocycles. The van der Waals surface area contributed by atoms with Crippen LogP contribution in [0.1, 0.15) is 38.7 Å². The van der Waals surface area contributed by atoms with Crippen LogP contribution in [0.5, 0.6) is 0 Å². The van der Waals surface area contributed by atoms with Gasteiger partial charge in [0.25, 0.3) is 0 Å². The van der Waals surface area contributed by atoms with E-state index >= 15 is 0 Å². The van der Waals surface area contributed by atoms with E-state index in [4.69, 9.17) is 5.84 Å². The highest BCUT2D eigenvalue weighted by atomic mass is 79.9. The number of hydrazine groups is 1. The van der Waals surface area contributed by atoms with Gasteiger partial charge in [-0.05, 0) is 36.5 Å². The third-order valence-electron chi connectivity index (χ3n) is 3.38. The van der Waals surface area contributed by atoms with Crippen LogP contribution in [0, 0.1) is 5.92 Å². The van der Waals surface area contributed by atoms with Gasteiger partial charge in [0.2, 0.25) is 0 Å². The van der Waals surface area contributed by atoms with Gasteiger partial charge in [-0.3, -0.25) is 11.3 Å². The summed E-state index contributed by atoms with van der Waals surface area (Å²) in [4.78, 5) is 0. The minimum Gasteiger partial charge on any atom is -0.271 e. The van der Waals surface area contributed by atoms with Crippen molar-refractivity contribution in [2.75, 3.05) is 0 Å². The van der Waals surface area contributed by atoms with Crippen molar-refractivity contribution >= 4 is 15.9 Å². The molecule has 96 valence electrons. The topological polar surface area (TPSA) is 38.0 Å². The van der Waals surface area contributed by atoms with Gasteiger partial charge in [-0.1, -0.05) is 54.8 Å². The Labute approximate surface area is 113 Å². The monoisotopic (exact) mass is 298 g/mol. The maximum atomic E-state index is 5.65. The summed E-state index contributed by atoms with van der Waals surface area (Å²) in [5, 5.41) is 0. The summed E-state index contributed by atoms with van der Waals surface area (Å²) in [6.07, 6.45) is 4.60. The second kappa shape index (κ2) is 7.85. The van der Waals surface area contributed by atoms with E-state index in [1.54, 1.807) is 0 Å². The van der Waals surface area contributed by atoms with E-state index in [1.807, 2.05) is 0 Å². The van der Waals surface area contributed by atoms with E-state index in [0.29, 0.717) is 6.04 Å². The zero-order valence-corrected chi connectivity index (χ0v) is 12.3. The maximum Gasteiger partial charge on any atom is 0.0253 e. The standard InChI is InChI=1S/C14H23BrN2/c1-3-11(4-2)9-14(17-16)10-12-6-5-7-13(15)8-12/h5-8,11,14,17H,3-4,9-10,16H2,1-2H3. The van der Waals surface area contributed by atoms with Crippen LogP contribution in [0.15, 0.2) is 28.7 Å². The molecule has 0 radical (unpaired) electrons. The van der Waals surface area contributed by atoms with Crippen molar-refractivity contribution in [3.8, 4) is 0 Å². The van der Waals surface area contributed by atoms with Crippen LogP contribution in [0.2, 0.25) is 0 Å². The number of hydrogen-bond acceptors (Lipinski definition) is 2. The van der Waals surface area contributed by atoms with Gasteiger partial charge >= 0.3 is 0 Å². The molecule has 2 nitrogen and oxygen atoms in total. The smallest absolute Gasteiger partial charge is 0.0253 e. The molecule has 0 spiro atoms. The van der Waals surface area contributed by atoms with Crippen LogP contribution in [0.4, 0.5) is 0 Å². The molecule has 3 heteroatoms. The number of nitrogens with two attached hydrogens (primary N) is 1. The summed E-state index contributed by atoms with van der Waals surface area (Å²) in [7, 11) is 0. The summed E-state index contributed by atoms with van der Waals surface area (Å²) >= 11 is 3.50. The predicted molar refractivity (Wildman–Crippen MR) is 77.6 cm³/mol. The molecule has 0 saturated carbocycles. The van der Waals surface area contributed by atoms with Crippen molar-refractivity contribution in [1.82, 2.24) is 5.43 Å². The Bertz CT molecular complexity index is 324. The normalized spacial score (nSPS) is 13.0. The fraction of sp³-hybridized carbons (Fsp3) is 0.571. The molecular weight excluding hydrogens is 276 g/mol. The van der Waals surface area contributed by atoms with E-state index in [0.717, 1.165) is 23.2 Å². The summed E-state index contributed by atoms with van der Waals surface area (Å²) in [5.74, 6) is 6.42. The lowest BCUT2D eigenvalue weighted by Crippen LogP contribution is -2.38. The Morgan fingerprint density at radius 1 is 1.29 bits per heavy atom. The fourth-order valence-corrected chi connectivity index (χ4v) is 2.63. The molecule has 1 unspecified atom stereocenters. The van der Waals surface area contributed by atoms with Crippen molar-refractivity contribution in [3.05, 3.63) is 34.3 Å². The number of rotatable bonds is 7. The minimum absolute atomic E-state index is 0.370. The van der Waals surface area contributed by atoms with Crippen LogP contribution in [0.25, 0.3) is 0 Å². The Morgan fingerprint density at radius 3 is 2.53 bits per heavy atom. The zero-order chi connectivity index (χ0) is 12.7. The first kappa shape index (κ1) is 14.7. The molecule has 0 aliphatic rings.